The zero-order valence-corrected chi connectivity index (χ0v) is 61.5. The molecule has 1 amide bonds. The van der Waals surface area contributed by atoms with Gasteiger partial charge in [-0.25, -0.2) is 0 Å². The summed E-state index contributed by atoms with van der Waals surface area (Å²) in [6.45, 7) is 24.8. The second-order valence-corrected chi connectivity index (χ2v) is 30.2. The third kappa shape index (κ3) is 19.2. The van der Waals surface area contributed by atoms with Crippen LogP contribution in [0.2, 0.25) is 0 Å². The van der Waals surface area contributed by atoms with E-state index < -0.39 is 0 Å². The molecular formula is C87H104N17O+. The molecule has 6 N–H and O–H groups in total. The van der Waals surface area contributed by atoms with Crippen molar-refractivity contribution in [2.75, 3.05) is 133 Å². The summed E-state index contributed by atoms with van der Waals surface area (Å²) in [5.41, 5.74) is 26.2. The summed E-state index contributed by atoms with van der Waals surface area (Å²) in [7, 11) is 0. The van der Waals surface area contributed by atoms with E-state index in [1.165, 1.54) is 104 Å². The molecule has 18 heteroatoms. The Hall–Kier alpha value is -9.72. The molecule has 7 aromatic carbocycles. The third-order valence-electron chi connectivity index (χ3n) is 22.8. The quantitative estimate of drug-likeness (QED) is 0.0294. The van der Waals surface area contributed by atoms with Crippen molar-refractivity contribution in [1.29, 1.82) is 16.1 Å². The predicted molar refractivity (Wildman–Crippen MR) is 427 cm³/mol. The maximum Gasteiger partial charge on any atom is 0.223 e. The first-order valence-corrected chi connectivity index (χ1v) is 38.8. The Morgan fingerprint density at radius 2 is 1.07 bits per heavy atom. The van der Waals surface area contributed by atoms with Gasteiger partial charge in [0.05, 0.1) is 23.3 Å². The number of carbonyl (C=O) groups excluding carboxylic acids is 1. The third-order valence-corrected chi connectivity index (χ3v) is 22.8. The number of amides is 1. The van der Waals surface area contributed by atoms with E-state index in [1.54, 1.807) is 0 Å². The van der Waals surface area contributed by atoms with E-state index in [1.807, 2.05) is 59.5 Å². The minimum atomic E-state index is 0.283. The number of H-pyrrole nitrogens is 2. The van der Waals surface area contributed by atoms with E-state index in [2.05, 4.69) is 213 Å². The number of hydrogen-bond acceptors (Lipinski definition) is 14. The van der Waals surface area contributed by atoms with Gasteiger partial charge in [0, 0.05) is 205 Å². The zero-order valence-electron chi connectivity index (χ0n) is 61.5. The van der Waals surface area contributed by atoms with E-state index in [-0.39, 0.29) is 5.91 Å². The van der Waals surface area contributed by atoms with Crippen molar-refractivity contribution in [3.8, 4) is 34.7 Å². The van der Waals surface area contributed by atoms with E-state index >= 15 is 0 Å². The van der Waals surface area contributed by atoms with Gasteiger partial charge in [-0.3, -0.25) is 14.6 Å². The number of anilines is 3. The van der Waals surface area contributed by atoms with Crippen molar-refractivity contribution in [2.45, 2.75) is 109 Å². The van der Waals surface area contributed by atoms with Gasteiger partial charge in [-0.05, 0) is 214 Å². The number of aromatic amines is 2. The second-order valence-electron chi connectivity index (χ2n) is 30.2. The number of benzene rings is 7. The first-order valence-electron chi connectivity index (χ1n) is 38.8. The van der Waals surface area contributed by atoms with Crippen molar-refractivity contribution >= 4 is 62.1 Å². The smallest absolute Gasteiger partial charge is 0.223 e. The van der Waals surface area contributed by atoms with Gasteiger partial charge >= 0.3 is 0 Å². The van der Waals surface area contributed by atoms with Crippen molar-refractivity contribution in [1.82, 2.24) is 50.4 Å². The lowest BCUT2D eigenvalue weighted by atomic mass is 10.0. The van der Waals surface area contributed by atoms with Crippen molar-refractivity contribution < 1.29 is 4.79 Å². The molecule has 9 aromatic rings. The minimum absolute atomic E-state index is 0.283. The number of piperidine rings is 3. The number of rotatable bonds is 21. The normalized spacial score (nSPS) is 17.9. The van der Waals surface area contributed by atoms with Crippen LogP contribution >= 0.6 is 0 Å². The molecule has 2 aromatic heterocycles. The Labute approximate surface area is 620 Å². The zero-order chi connectivity index (χ0) is 71.9. The lowest BCUT2D eigenvalue weighted by molar-refractivity contribution is -0.133. The number of nitrogens with one attached hydrogen (secondary N) is 6. The number of carbonyl (C=O) groups is 1. The van der Waals surface area contributed by atoms with Crippen molar-refractivity contribution in [3.05, 3.63) is 203 Å². The van der Waals surface area contributed by atoms with Gasteiger partial charge in [-0.2, -0.15) is 10.5 Å². The van der Waals surface area contributed by atoms with Crippen LogP contribution < -0.4 is 35.6 Å². The fourth-order valence-corrected chi connectivity index (χ4v) is 16.2. The number of nitriles is 2. The molecule has 0 spiro atoms. The first kappa shape index (κ1) is 72.2. The number of aromatic nitrogens is 2. The lowest BCUT2D eigenvalue weighted by Gasteiger charge is -2.37. The molecule has 18 nitrogen and oxygen atoms in total. The molecule has 6 fully saturated rings. The van der Waals surface area contributed by atoms with Crippen LogP contribution in [0.3, 0.4) is 0 Å². The summed E-state index contributed by atoms with van der Waals surface area (Å²) in [5, 5.41) is 35.4. The molecular weight excluding hydrogens is 1300 g/mol. The van der Waals surface area contributed by atoms with Gasteiger partial charge < -0.3 is 50.4 Å². The highest BCUT2D eigenvalue weighted by molar-refractivity contribution is 5.90. The Balaban J connectivity index is 0.000000133. The predicted octanol–water partition coefficient (Wildman–Crippen LogP) is 14.2. The number of fused-ring (bicyclic) bond motifs is 3. The van der Waals surface area contributed by atoms with Crippen LogP contribution in [0.1, 0.15) is 105 Å². The maximum atomic E-state index is 12.6. The van der Waals surface area contributed by atoms with Crippen LogP contribution in [0.15, 0.2) is 175 Å². The molecule has 16 rings (SSSR count). The van der Waals surface area contributed by atoms with Crippen LogP contribution in [-0.4, -0.2) is 177 Å². The van der Waals surface area contributed by atoms with Gasteiger partial charge in [0.25, 0.3) is 0 Å². The van der Waals surface area contributed by atoms with E-state index in [0.717, 1.165) is 173 Å². The van der Waals surface area contributed by atoms with Crippen LogP contribution in [-0.2, 0) is 17.8 Å². The standard InChI is InChI=1S/C30H38N6O.C30H40N4.C27H26N7/c1-22(2)34-14-16-36(17-15-34)30(37)8-11-32-26-9-12-35(13-10-26)27-5-3-4-24(19-27)29-20-25-18-23(21-31)6-7-28(25)33-29;1-2-5-26-21-28(20-25(26)4-1)27-6-3-7-30(22-27)34-13-10-29(11-14-34)31-12-15-32-16-18-33(19-17-32)23-24-8-9-24;28-17-19-7-8-26-22(13-19)16-27(31-26)21-4-2-6-25(15-21)34-11-9-23(10-12-34)30-18-20-3-1-5-24(14-20)32-33-29/h3-7,18-20,22,26,32-33H,8-17H2,1-2H3;1-7,20,22,24,29,31H,8-19,21,23H2;1-8,13-16,23,29-31H,9-12,18H2/q;;+1. The van der Waals surface area contributed by atoms with E-state index in [4.69, 9.17) is 10.8 Å². The molecule has 0 radical (unpaired) electrons. The summed E-state index contributed by atoms with van der Waals surface area (Å²) in [6, 6.07) is 65.5. The SMILES string of the molecule is C1=C(c2cccc(N3CCC(NCCN4CCN(CC5CC5)CC4)CC3)c2)Cc2ccccc21.CC(C)N1CCN(C(=O)CCNC2CCN(c3cccc(-c4cc5cc(C#N)ccc5[nH]4)c3)CC2)CC1.N#Cc1ccc2[nH]c(-c3cccc(N4CCC(NCc5cccc(N=[N+]=N)c5)CC4)c3)cc2c1. The molecule has 542 valence electrons. The van der Waals surface area contributed by atoms with Gasteiger partial charge in [0.2, 0.25) is 10.8 Å². The van der Waals surface area contributed by atoms with Crippen LogP contribution in [0.4, 0.5) is 22.7 Å². The lowest BCUT2D eigenvalue weighted by Crippen LogP contribution is -2.51. The molecule has 5 saturated heterocycles. The van der Waals surface area contributed by atoms with Crippen LogP contribution in [0, 0.1) is 34.1 Å². The number of piperazine rings is 2. The average Bonchev–Trinajstić information content (AvgIpc) is 1.67. The largest absolute Gasteiger partial charge is 0.371 e. The fraction of sp³-hybridized carbons (Fsp3) is 0.414. The molecule has 0 atom stereocenters. The molecule has 105 heavy (non-hydrogen) atoms. The summed E-state index contributed by atoms with van der Waals surface area (Å²) < 4.78 is 0. The highest BCUT2D eigenvalue weighted by Crippen LogP contribution is 2.36. The summed E-state index contributed by atoms with van der Waals surface area (Å²) in [6.07, 6.45) is 13.8. The topological polar surface area (TPSA) is 205 Å². The summed E-state index contributed by atoms with van der Waals surface area (Å²) in [4.78, 5) is 40.0. The Kier molecular flexibility index (Phi) is 24.0. The number of allylic oxidation sites excluding steroid dienone is 1. The molecule has 2 aliphatic carbocycles. The van der Waals surface area contributed by atoms with E-state index in [0.29, 0.717) is 47.4 Å². The van der Waals surface area contributed by atoms with Gasteiger partial charge in [0.15, 0.2) is 10.8 Å². The van der Waals surface area contributed by atoms with Crippen LogP contribution in [0.25, 0.3) is 56.0 Å². The van der Waals surface area contributed by atoms with Crippen molar-refractivity contribution in [3.63, 3.8) is 0 Å². The molecule has 0 unspecified atom stereocenters. The molecule has 7 heterocycles. The maximum absolute atomic E-state index is 12.6. The molecule has 0 bridgehead atoms. The molecule has 7 aliphatic rings. The molecule has 5 aliphatic heterocycles. The van der Waals surface area contributed by atoms with Gasteiger partial charge in [0.1, 0.15) is 5.53 Å². The highest BCUT2D eigenvalue weighted by Gasteiger charge is 2.29. The highest BCUT2D eigenvalue weighted by atomic mass is 16.2. The van der Waals surface area contributed by atoms with Gasteiger partial charge in [-0.15, -0.1) is 0 Å². The first-order chi connectivity index (χ1) is 51.5. The van der Waals surface area contributed by atoms with Gasteiger partial charge in [-0.1, -0.05) is 78.9 Å². The summed E-state index contributed by atoms with van der Waals surface area (Å²) in [5.74, 6) is 1.31. The monoisotopic (exact) mass is 1400 g/mol. The van der Waals surface area contributed by atoms with Crippen molar-refractivity contribution in [2.24, 2.45) is 11.0 Å². The second kappa shape index (κ2) is 34.9. The number of nitrogens with zero attached hydrogens (tertiary/aromatic N) is 11. The Morgan fingerprint density at radius 1 is 0.543 bits per heavy atom. The Bertz CT molecular complexity index is 4560. The Morgan fingerprint density at radius 3 is 1.61 bits per heavy atom. The minimum Gasteiger partial charge on any atom is -0.371 e. The molecule has 1 saturated carbocycles. The average molecular weight is 1400 g/mol. The number of hydrogen-bond donors (Lipinski definition) is 6. The summed E-state index contributed by atoms with van der Waals surface area (Å²) >= 11 is 0. The fourth-order valence-electron chi connectivity index (χ4n) is 16.2. The van der Waals surface area contributed by atoms with E-state index in [9.17, 15) is 10.1 Å². The van der Waals surface area contributed by atoms with Crippen LogP contribution in [0.5, 0.6) is 0 Å².